The van der Waals surface area contributed by atoms with Gasteiger partial charge in [0.05, 0.1) is 0 Å². The molecule has 2 unspecified atom stereocenters. The van der Waals surface area contributed by atoms with E-state index in [4.69, 9.17) is 5.73 Å². The standard InChI is InChI=1S/C13H29N3/c1-4-15(5-2)13-8-10-16(11-13)12(3)7-6-9-14/h12-13H,4-11,14H2,1-3H3. The summed E-state index contributed by atoms with van der Waals surface area (Å²) in [6.07, 6.45) is 3.75. The predicted molar refractivity (Wildman–Crippen MR) is 70.6 cm³/mol. The Morgan fingerprint density at radius 3 is 2.62 bits per heavy atom. The molecule has 2 N–H and O–H groups in total. The third kappa shape index (κ3) is 3.72. The zero-order chi connectivity index (χ0) is 12.0. The van der Waals surface area contributed by atoms with Crippen molar-refractivity contribution in [2.75, 3.05) is 32.7 Å². The van der Waals surface area contributed by atoms with Gasteiger partial charge in [0.25, 0.3) is 0 Å². The van der Waals surface area contributed by atoms with Crippen LogP contribution in [0.3, 0.4) is 0 Å². The summed E-state index contributed by atoms with van der Waals surface area (Å²) in [5.41, 5.74) is 5.57. The fourth-order valence-corrected chi connectivity index (χ4v) is 2.80. The number of rotatable bonds is 7. The Balaban J connectivity index is 2.33. The normalized spacial score (nSPS) is 24.2. The summed E-state index contributed by atoms with van der Waals surface area (Å²) < 4.78 is 0. The Morgan fingerprint density at radius 1 is 1.38 bits per heavy atom. The molecular formula is C13H29N3. The van der Waals surface area contributed by atoms with Gasteiger partial charge in [-0.2, -0.15) is 0 Å². The molecule has 0 aliphatic carbocycles. The highest BCUT2D eigenvalue weighted by Gasteiger charge is 2.28. The van der Waals surface area contributed by atoms with Gasteiger partial charge in [-0.3, -0.25) is 9.80 Å². The third-order valence-electron chi connectivity index (χ3n) is 3.97. The molecule has 0 amide bonds. The van der Waals surface area contributed by atoms with Crippen LogP contribution in [0, 0.1) is 0 Å². The van der Waals surface area contributed by atoms with Crippen molar-refractivity contribution < 1.29 is 0 Å². The number of hydrogen-bond acceptors (Lipinski definition) is 3. The van der Waals surface area contributed by atoms with Crippen molar-refractivity contribution in [2.24, 2.45) is 5.73 Å². The Hall–Kier alpha value is -0.120. The number of likely N-dealkylation sites (N-methyl/N-ethyl adjacent to an activating group) is 1. The minimum atomic E-state index is 0.712. The van der Waals surface area contributed by atoms with E-state index >= 15 is 0 Å². The van der Waals surface area contributed by atoms with Crippen LogP contribution >= 0.6 is 0 Å². The lowest BCUT2D eigenvalue weighted by Gasteiger charge is -2.28. The third-order valence-corrected chi connectivity index (χ3v) is 3.97. The van der Waals surface area contributed by atoms with Crippen LogP contribution in [-0.2, 0) is 0 Å². The van der Waals surface area contributed by atoms with E-state index in [1.807, 2.05) is 0 Å². The van der Waals surface area contributed by atoms with E-state index in [2.05, 4.69) is 30.6 Å². The van der Waals surface area contributed by atoms with Gasteiger partial charge in [-0.25, -0.2) is 0 Å². The smallest absolute Gasteiger partial charge is 0.0235 e. The summed E-state index contributed by atoms with van der Waals surface area (Å²) in [5.74, 6) is 0. The molecule has 1 aliphatic heterocycles. The number of nitrogens with zero attached hydrogens (tertiary/aromatic N) is 2. The van der Waals surface area contributed by atoms with Crippen molar-refractivity contribution in [1.82, 2.24) is 9.80 Å². The van der Waals surface area contributed by atoms with Gasteiger partial charge in [0.1, 0.15) is 0 Å². The summed E-state index contributed by atoms with van der Waals surface area (Å²) >= 11 is 0. The molecule has 1 aliphatic rings. The molecule has 96 valence electrons. The van der Waals surface area contributed by atoms with Gasteiger partial charge in [0.2, 0.25) is 0 Å². The Labute approximate surface area is 101 Å². The quantitative estimate of drug-likeness (QED) is 0.716. The second-order valence-electron chi connectivity index (χ2n) is 4.94. The van der Waals surface area contributed by atoms with E-state index in [1.54, 1.807) is 0 Å². The van der Waals surface area contributed by atoms with Crippen molar-refractivity contribution in [3.8, 4) is 0 Å². The highest BCUT2D eigenvalue weighted by molar-refractivity contribution is 4.85. The second kappa shape index (κ2) is 7.25. The Morgan fingerprint density at radius 2 is 2.06 bits per heavy atom. The fourth-order valence-electron chi connectivity index (χ4n) is 2.80. The Kier molecular flexibility index (Phi) is 6.32. The first-order valence-electron chi connectivity index (χ1n) is 6.91. The molecule has 0 aromatic carbocycles. The minimum absolute atomic E-state index is 0.712. The first-order valence-corrected chi connectivity index (χ1v) is 6.91. The molecule has 3 nitrogen and oxygen atoms in total. The van der Waals surface area contributed by atoms with Crippen molar-refractivity contribution in [1.29, 1.82) is 0 Å². The molecule has 1 rings (SSSR count). The van der Waals surface area contributed by atoms with Gasteiger partial charge in [-0.15, -0.1) is 0 Å². The topological polar surface area (TPSA) is 32.5 Å². The lowest BCUT2D eigenvalue weighted by molar-refractivity contribution is 0.188. The molecule has 0 radical (unpaired) electrons. The van der Waals surface area contributed by atoms with Gasteiger partial charge >= 0.3 is 0 Å². The highest BCUT2D eigenvalue weighted by atomic mass is 15.3. The molecule has 2 atom stereocenters. The van der Waals surface area contributed by atoms with Gasteiger partial charge in [-0.05, 0) is 45.8 Å². The van der Waals surface area contributed by atoms with Crippen molar-refractivity contribution in [2.45, 2.75) is 52.1 Å². The predicted octanol–water partition coefficient (Wildman–Crippen LogP) is 1.53. The first-order chi connectivity index (χ1) is 7.72. The van der Waals surface area contributed by atoms with E-state index < -0.39 is 0 Å². The van der Waals surface area contributed by atoms with E-state index in [1.165, 1.54) is 39.0 Å². The van der Waals surface area contributed by atoms with E-state index in [0.717, 1.165) is 19.0 Å². The molecule has 0 saturated carbocycles. The van der Waals surface area contributed by atoms with Crippen LogP contribution in [0.4, 0.5) is 0 Å². The largest absolute Gasteiger partial charge is 0.330 e. The van der Waals surface area contributed by atoms with E-state index in [9.17, 15) is 0 Å². The number of hydrogen-bond donors (Lipinski definition) is 1. The molecular weight excluding hydrogens is 198 g/mol. The molecule has 1 fully saturated rings. The van der Waals surface area contributed by atoms with Gasteiger partial charge in [0.15, 0.2) is 0 Å². The van der Waals surface area contributed by atoms with Crippen LogP contribution in [0.5, 0.6) is 0 Å². The Bertz CT molecular complexity index is 180. The monoisotopic (exact) mass is 227 g/mol. The fraction of sp³-hybridized carbons (Fsp3) is 1.00. The molecule has 0 spiro atoms. The summed E-state index contributed by atoms with van der Waals surface area (Å²) in [4.78, 5) is 5.23. The maximum absolute atomic E-state index is 5.57. The molecule has 0 aromatic heterocycles. The maximum Gasteiger partial charge on any atom is 0.0235 e. The number of nitrogens with two attached hydrogens (primary N) is 1. The van der Waals surface area contributed by atoms with Crippen molar-refractivity contribution in [3.63, 3.8) is 0 Å². The highest BCUT2D eigenvalue weighted by Crippen LogP contribution is 2.19. The first kappa shape index (κ1) is 13.9. The molecule has 3 heteroatoms. The maximum atomic E-state index is 5.57. The van der Waals surface area contributed by atoms with Crippen LogP contribution in [0.2, 0.25) is 0 Å². The van der Waals surface area contributed by atoms with Crippen molar-refractivity contribution in [3.05, 3.63) is 0 Å². The van der Waals surface area contributed by atoms with E-state index in [0.29, 0.717) is 6.04 Å². The van der Waals surface area contributed by atoms with Crippen LogP contribution in [0.15, 0.2) is 0 Å². The average molecular weight is 227 g/mol. The van der Waals surface area contributed by atoms with Gasteiger partial charge < -0.3 is 5.73 Å². The van der Waals surface area contributed by atoms with Crippen molar-refractivity contribution >= 4 is 0 Å². The zero-order valence-electron chi connectivity index (χ0n) is 11.3. The molecule has 1 heterocycles. The molecule has 1 saturated heterocycles. The lowest BCUT2D eigenvalue weighted by Crippen LogP contribution is -2.39. The summed E-state index contributed by atoms with van der Waals surface area (Å²) in [6, 6.07) is 1.50. The van der Waals surface area contributed by atoms with E-state index in [-0.39, 0.29) is 0 Å². The minimum Gasteiger partial charge on any atom is -0.330 e. The summed E-state index contributed by atoms with van der Waals surface area (Å²) in [5, 5.41) is 0. The van der Waals surface area contributed by atoms with Gasteiger partial charge in [0, 0.05) is 25.2 Å². The summed E-state index contributed by atoms with van der Waals surface area (Å²) in [7, 11) is 0. The SMILES string of the molecule is CCN(CC)C1CCN(C(C)CCCN)C1. The summed E-state index contributed by atoms with van der Waals surface area (Å²) in [6.45, 7) is 12.6. The average Bonchev–Trinajstić information content (AvgIpc) is 2.77. The van der Waals surface area contributed by atoms with Crippen LogP contribution < -0.4 is 5.73 Å². The molecule has 0 aromatic rings. The van der Waals surface area contributed by atoms with Crippen LogP contribution in [0.1, 0.15) is 40.0 Å². The molecule has 16 heavy (non-hydrogen) atoms. The van der Waals surface area contributed by atoms with Gasteiger partial charge in [-0.1, -0.05) is 13.8 Å². The van der Waals surface area contributed by atoms with Crippen LogP contribution in [0.25, 0.3) is 0 Å². The lowest BCUT2D eigenvalue weighted by atomic mass is 10.1. The second-order valence-corrected chi connectivity index (χ2v) is 4.94. The molecule has 0 bridgehead atoms. The van der Waals surface area contributed by atoms with Crippen LogP contribution in [-0.4, -0.2) is 54.6 Å². The zero-order valence-corrected chi connectivity index (χ0v) is 11.3. The number of likely N-dealkylation sites (tertiary alicyclic amines) is 1.